The first-order chi connectivity index (χ1) is 12.5. The zero-order valence-corrected chi connectivity index (χ0v) is 14.6. The lowest BCUT2D eigenvalue weighted by molar-refractivity contribution is -0.130. The Hall–Kier alpha value is -2.80. The van der Waals surface area contributed by atoms with Crippen LogP contribution in [-0.2, 0) is 17.9 Å². The summed E-state index contributed by atoms with van der Waals surface area (Å²) in [6.07, 6.45) is 0. The van der Waals surface area contributed by atoms with E-state index >= 15 is 0 Å². The van der Waals surface area contributed by atoms with Gasteiger partial charge in [0.2, 0.25) is 12.7 Å². The van der Waals surface area contributed by atoms with E-state index in [0.717, 1.165) is 11.1 Å². The highest BCUT2D eigenvalue weighted by molar-refractivity contribution is 5.77. The number of nitrogens with zero attached hydrogens (tertiary/aromatic N) is 2. The number of hydrogen-bond acceptors (Lipinski definition) is 5. The number of rotatable bonds is 2. The molecule has 2 aliphatic rings. The Morgan fingerprint density at radius 3 is 2.50 bits per heavy atom. The van der Waals surface area contributed by atoms with Gasteiger partial charge in [0.1, 0.15) is 17.3 Å². The number of ether oxygens (including phenoxy) is 3. The fraction of sp³-hybridized carbons (Fsp3) is 0.316. The van der Waals surface area contributed by atoms with Gasteiger partial charge in [-0.2, -0.15) is 0 Å². The van der Waals surface area contributed by atoms with Gasteiger partial charge in [-0.25, -0.2) is 4.39 Å². The quantitative estimate of drug-likeness (QED) is 0.826. The molecule has 1 amide bonds. The molecule has 0 N–H and O–H groups in total. The number of carbonyl (C=O) groups is 1. The molecular formula is C19H19FN2O4. The average molecular weight is 358 g/mol. The van der Waals surface area contributed by atoms with Gasteiger partial charge in [-0.1, -0.05) is 6.07 Å². The first kappa shape index (κ1) is 16.7. The van der Waals surface area contributed by atoms with Crippen molar-refractivity contribution in [2.24, 2.45) is 0 Å². The van der Waals surface area contributed by atoms with E-state index in [9.17, 15) is 9.18 Å². The maximum absolute atomic E-state index is 13.7. The van der Waals surface area contributed by atoms with Crippen LogP contribution >= 0.6 is 0 Å². The normalized spacial score (nSPS) is 15.3. The van der Waals surface area contributed by atoms with Crippen LogP contribution < -0.4 is 14.2 Å². The molecule has 6 nitrogen and oxygen atoms in total. The summed E-state index contributed by atoms with van der Waals surface area (Å²) >= 11 is 0. The van der Waals surface area contributed by atoms with Gasteiger partial charge in [0.15, 0.2) is 11.5 Å². The zero-order valence-electron chi connectivity index (χ0n) is 14.6. The molecule has 0 unspecified atom stereocenters. The van der Waals surface area contributed by atoms with Crippen LogP contribution in [-0.4, -0.2) is 43.1 Å². The number of hydrogen-bond donors (Lipinski definition) is 0. The highest BCUT2D eigenvalue weighted by Gasteiger charge is 2.25. The van der Waals surface area contributed by atoms with Crippen LogP contribution in [0.4, 0.5) is 4.39 Å². The molecule has 0 atom stereocenters. The Bertz CT molecular complexity index is 869. The predicted octanol–water partition coefficient (Wildman–Crippen LogP) is 2.75. The second-order valence-corrected chi connectivity index (χ2v) is 6.60. The number of amides is 1. The number of benzene rings is 2. The van der Waals surface area contributed by atoms with Crippen LogP contribution in [0, 0.1) is 5.82 Å². The predicted molar refractivity (Wildman–Crippen MR) is 91.8 cm³/mol. The Morgan fingerprint density at radius 2 is 1.73 bits per heavy atom. The molecular weight excluding hydrogens is 339 g/mol. The average Bonchev–Trinajstić information content (AvgIpc) is 3.03. The van der Waals surface area contributed by atoms with Crippen LogP contribution in [0.25, 0.3) is 0 Å². The molecule has 0 saturated carbocycles. The fourth-order valence-corrected chi connectivity index (χ4v) is 3.04. The van der Waals surface area contributed by atoms with Crippen molar-refractivity contribution < 1.29 is 23.4 Å². The van der Waals surface area contributed by atoms with Crippen molar-refractivity contribution in [3.8, 4) is 23.0 Å². The zero-order chi connectivity index (χ0) is 18.3. The summed E-state index contributed by atoms with van der Waals surface area (Å²) in [4.78, 5) is 15.8. The van der Waals surface area contributed by atoms with Gasteiger partial charge >= 0.3 is 0 Å². The lowest BCUT2D eigenvalue weighted by atomic mass is 10.1. The van der Waals surface area contributed by atoms with E-state index in [1.165, 1.54) is 12.1 Å². The molecule has 0 spiro atoms. The third-order valence-corrected chi connectivity index (χ3v) is 4.45. The molecule has 0 aromatic heterocycles. The molecule has 4 rings (SSSR count). The van der Waals surface area contributed by atoms with Crippen molar-refractivity contribution >= 4 is 5.91 Å². The second kappa shape index (κ2) is 6.49. The van der Waals surface area contributed by atoms with Gasteiger partial charge in [0.25, 0.3) is 0 Å². The molecule has 2 aromatic carbocycles. The number of carbonyl (C=O) groups excluding carboxylic acids is 1. The van der Waals surface area contributed by atoms with Crippen LogP contribution in [0.2, 0.25) is 0 Å². The second-order valence-electron chi connectivity index (χ2n) is 6.60. The van der Waals surface area contributed by atoms with E-state index in [1.54, 1.807) is 31.1 Å². The van der Waals surface area contributed by atoms with Crippen molar-refractivity contribution in [2.75, 3.05) is 27.4 Å². The molecule has 7 heteroatoms. The summed E-state index contributed by atoms with van der Waals surface area (Å²) in [6.45, 7) is 1.38. The van der Waals surface area contributed by atoms with E-state index in [-0.39, 0.29) is 25.1 Å². The Morgan fingerprint density at radius 1 is 1.04 bits per heavy atom. The lowest BCUT2D eigenvalue weighted by Crippen LogP contribution is -2.36. The third-order valence-electron chi connectivity index (χ3n) is 4.45. The molecule has 0 aliphatic carbocycles. The molecule has 136 valence electrons. The Balaban J connectivity index is 1.75. The molecule has 26 heavy (non-hydrogen) atoms. The first-order valence-corrected chi connectivity index (χ1v) is 8.31. The monoisotopic (exact) mass is 358 g/mol. The maximum atomic E-state index is 13.7. The minimum atomic E-state index is -0.373. The molecule has 0 fully saturated rings. The van der Waals surface area contributed by atoms with Crippen molar-refractivity contribution in [3.05, 3.63) is 47.3 Å². The lowest BCUT2D eigenvalue weighted by Gasteiger charge is -2.28. The van der Waals surface area contributed by atoms with Gasteiger partial charge in [0.05, 0.1) is 6.54 Å². The van der Waals surface area contributed by atoms with Crippen LogP contribution in [0.1, 0.15) is 11.1 Å². The van der Waals surface area contributed by atoms with Gasteiger partial charge in [-0.3, -0.25) is 9.69 Å². The molecule has 2 heterocycles. The van der Waals surface area contributed by atoms with Gasteiger partial charge in [-0.05, 0) is 12.1 Å². The highest BCUT2D eigenvalue weighted by atomic mass is 19.1. The van der Waals surface area contributed by atoms with Crippen molar-refractivity contribution in [2.45, 2.75) is 13.1 Å². The Labute approximate surface area is 150 Å². The minimum Gasteiger partial charge on any atom is -0.456 e. The maximum Gasteiger partial charge on any atom is 0.236 e. The summed E-state index contributed by atoms with van der Waals surface area (Å²) < 4.78 is 30.6. The highest BCUT2D eigenvalue weighted by Crippen LogP contribution is 2.42. The summed E-state index contributed by atoms with van der Waals surface area (Å²) in [7, 11) is 3.45. The number of fused-ring (bicyclic) bond motifs is 3. The fourth-order valence-electron chi connectivity index (χ4n) is 3.04. The van der Waals surface area contributed by atoms with Crippen molar-refractivity contribution in [3.63, 3.8) is 0 Å². The van der Waals surface area contributed by atoms with E-state index in [4.69, 9.17) is 14.2 Å². The summed E-state index contributed by atoms with van der Waals surface area (Å²) in [6, 6.07) is 8.06. The smallest absolute Gasteiger partial charge is 0.236 e. The summed E-state index contributed by atoms with van der Waals surface area (Å²) in [5.41, 5.74) is 1.68. The molecule has 2 aliphatic heterocycles. The van der Waals surface area contributed by atoms with E-state index < -0.39 is 0 Å². The molecule has 2 aromatic rings. The SMILES string of the molecule is CN(C)C(=O)CN1Cc2ccc(F)cc2Oc2cc3c(cc2C1)OCO3. The largest absolute Gasteiger partial charge is 0.456 e. The molecule has 0 saturated heterocycles. The summed E-state index contributed by atoms with van der Waals surface area (Å²) in [5.74, 6) is 1.87. The first-order valence-electron chi connectivity index (χ1n) is 8.31. The van der Waals surface area contributed by atoms with Crippen LogP contribution in [0.15, 0.2) is 30.3 Å². The van der Waals surface area contributed by atoms with Crippen molar-refractivity contribution in [1.82, 2.24) is 9.80 Å². The number of likely N-dealkylation sites (N-methyl/N-ethyl adjacent to an activating group) is 1. The van der Waals surface area contributed by atoms with Crippen LogP contribution in [0.3, 0.4) is 0 Å². The summed E-state index contributed by atoms with van der Waals surface area (Å²) in [5, 5.41) is 0. The van der Waals surface area contributed by atoms with Gasteiger partial charge < -0.3 is 19.1 Å². The van der Waals surface area contributed by atoms with Crippen molar-refractivity contribution in [1.29, 1.82) is 0 Å². The number of halogens is 1. The van der Waals surface area contributed by atoms with Gasteiger partial charge in [-0.15, -0.1) is 0 Å². The third kappa shape index (κ3) is 3.17. The van der Waals surface area contributed by atoms with Crippen LogP contribution in [0.5, 0.6) is 23.0 Å². The Kier molecular flexibility index (Phi) is 4.16. The molecule has 0 radical (unpaired) electrons. The molecule has 0 bridgehead atoms. The van der Waals surface area contributed by atoms with Gasteiger partial charge in [0, 0.05) is 50.4 Å². The topological polar surface area (TPSA) is 51.2 Å². The van der Waals surface area contributed by atoms with E-state index in [1.807, 2.05) is 11.0 Å². The standard InChI is InChI=1S/C19H19FN2O4/c1-21(2)19(23)10-22-8-12-3-4-14(20)6-15(12)26-16-7-18-17(24-11-25-18)5-13(16)9-22/h3-7H,8-11H2,1-2H3. The minimum absolute atomic E-state index is 0.00236. The van der Waals surface area contributed by atoms with E-state index in [0.29, 0.717) is 36.1 Å². The van der Waals surface area contributed by atoms with E-state index in [2.05, 4.69) is 0 Å².